The van der Waals surface area contributed by atoms with Gasteiger partial charge < -0.3 is 9.84 Å². The van der Waals surface area contributed by atoms with Crippen molar-refractivity contribution in [2.45, 2.75) is 32.7 Å². The minimum absolute atomic E-state index is 0.140. The van der Waals surface area contributed by atoms with E-state index in [4.69, 9.17) is 9.84 Å². The predicted octanol–water partition coefficient (Wildman–Crippen LogP) is 6.17. The van der Waals surface area contributed by atoms with Crippen LogP contribution in [0.2, 0.25) is 0 Å². The highest BCUT2D eigenvalue weighted by Crippen LogP contribution is 2.36. The third-order valence-electron chi connectivity index (χ3n) is 5.55. The maximum absolute atomic E-state index is 14.0. The van der Waals surface area contributed by atoms with Crippen molar-refractivity contribution in [1.29, 1.82) is 0 Å². The van der Waals surface area contributed by atoms with Gasteiger partial charge in [0.15, 0.2) is 6.61 Å². The van der Waals surface area contributed by atoms with E-state index in [9.17, 15) is 14.3 Å². The molecule has 0 saturated heterocycles. The third kappa shape index (κ3) is 5.34. The number of aromatic nitrogens is 2. The molecule has 0 aliphatic heterocycles. The summed E-state index contributed by atoms with van der Waals surface area (Å²) < 4.78 is 21.5. The van der Waals surface area contributed by atoms with E-state index in [0.717, 1.165) is 16.8 Å². The number of hydrogen-bond acceptors (Lipinski definition) is 3. The van der Waals surface area contributed by atoms with Crippen molar-refractivity contribution in [3.05, 3.63) is 95.8 Å². The van der Waals surface area contributed by atoms with Crippen LogP contribution in [-0.2, 0) is 16.8 Å². The predicted molar refractivity (Wildman–Crippen MR) is 130 cm³/mol. The lowest BCUT2D eigenvalue weighted by atomic mass is 9.86. The molecule has 174 valence electrons. The Kier molecular flexibility index (Phi) is 6.50. The fraction of sp³-hybridized carbons (Fsp3) is 0.214. The van der Waals surface area contributed by atoms with Crippen LogP contribution in [0.25, 0.3) is 22.5 Å². The largest absolute Gasteiger partial charge is 0.481 e. The molecule has 0 aliphatic rings. The second-order valence-electron chi connectivity index (χ2n) is 9.21. The molecular weight excluding hydrogens is 431 g/mol. The Morgan fingerprint density at radius 1 is 1.00 bits per heavy atom. The number of hydrogen-bond donors (Lipinski definition) is 1. The van der Waals surface area contributed by atoms with Gasteiger partial charge in [-0.1, -0.05) is 69.3 Å². The highest BCUT2D eigenvalue weighted by Gasteiger charge is 2.20. The van der Waals surface area contributed by atoms with Crippen molar-refractivity contribution >= 4 is 5.97 Å². The van der Waals surface area contributed by atoms with Crippen LogP contribution in [0.3, 0.4) is 0 Å². The topological polar surface area (TPSA) is 64.4 Å². The first kappa shape index (κ1) is 23.2. The fourth-order valence-corrected chi connectivity index (χ4v) is 3.76. The first-order valence-corrected chi connectivity index (χ1v) is 11.1. The minimum Gasteiger partial charge on any atom is -0.481 e. The SMILES string of the molecule is CC(C)(C)c1ccc(-c2cc(-c3cccc(F)c3)n(Cc3ccccc3)n2)c(OCC(=O)O)c1. The summed E-state index contributed by atoms with van der Waals surface area (Å²) in [7, 11) is 0. The number of carbonyl (C=O) groups is 1. The molecule has 0 radical (unpaired) electrons. The molecular formula is C28H27FN2O3. The first-order chi connectivity index (χ1) is 16.2. The molecule has 6 heteroatoms. The second-order valence-corrected chi connectivity index (χ2v) is 9.21. The Bertz CT molecular complexity index is 1310. The number of nitrogens with zero attached hydrogens (tertiary/aromatic N) is 2. The van der Waals surface area contributed by atoms with Crippen molar-refractivity contribution in [3.63, 3.8) is 0 Å². The summed E-state index contributed by atoms with van der Waals surface area (Å²) in [5, 5.41) is 14.0. The van der Waals surface area contributed by atoms with Crippen LogP contribution in [0, 0.1) is 5.82 Å². The summed E-state index contributed by atoms with van der Waals surface area (Å²) in [5.74, 6) is -0.932. The van der Waals surface area contributed by atoms with Crippen LogP contribution in [0.15, 0.2) is 78.9 Å². The molecule has 34 heavy (non-hydrogen) atoms. The van der Waals surface area contributed by atoms with Crippen molar-refractivity contribution in [2.24, 2.45) is 0 Å². The molecule has 0 bridgehead atoms. The Morgan fingerprint density at radius 2 is 1.76 bits per heavy atom. The van der Waals surface area contributed by atoms with Gasteiger partial charge in [-0.15, -0.1) is 0 Å². The summed E-state index contributed by atoms with van der Waals surface area (Å²) in [4.78, 5) is 11.2. The summed E-state index contributed by atoms with van der Waals surface area (Å²) in [6.07, 6.45) is 0. The number of halogens is 1. The zero-order valence-electron chi connectivity index (χ0n) is 19.5. The van der Waals surface area contributed by atoms with E-state index in [2.05, 4.69) is 20.8 Å². The van der Waals surface area contributed by atoms with Gasteiger partial charge in [-0.25, -0.2) is 9.18 Å². The molecule has 0 aliphatic carbocycles. The number of benzene rings is 3. The van der Waals surface area contributed by atoms with Crippen LogP contribution < -0.4 is 4.74 Å². The van der Waals surface area contributed by atoms with Crippen LogP contribution >= 0.6 is 0 Å². The van der Waals surface area contributed by atoms with Gasteiger partial charge in [0.05, 0.1) is 17.9 Å². The molecule has 5 nitrogen and oxygen atoms in total. The lowest BCUT2D eigenvalue weighted by Gasteiger charge is -2.21. The van der Waals surface area contributed by atoms with Gasteiger partial charge in [0.2, 0.25) is 0 Å². The molecule has 0 unspecified atom stereocenters. The number of carboxylic acids is 1. The highest BCUT2D eigenvalue weighted by molar-refractivity contribution is 5.74. The van der Waals surface area contributed by atoms with Crippen LogP contribution in [0.5, 0.6) is 5.75 Å². The molecule has 4 rings (SSSR count). The van der Waals surface area contributed by atoms with Gasteiger partial charge in [0.25, 0.3) is 0 Å². The van der Waals surface area contributed by atoms with E-state index < -0.39 is 12.6 Å². The standard InChI is InChI=1S/C28H27FN2O3/c1-28(2,3)21-12-13-23(26(15-21)34-18-27(32)33)24-16-25(20-10-7-11-22(29)14-20)31(30-24)17-19-8-5-4-6-9-19/h4-16H,17-18H2,1-3H3,(H,32,33). The maximum atomic E-state index is 14.0. The molecule has 0 saturated carbocycles. The van der Waals surface area contributed by atoms with Crippen molar-refractivity contribution < 1.29 is 19.0 Å². The Balaban J connectivity index is 1.84. The van der Waals surface area contributed by atoms with Gasteiger partial charge in [-0.3, -0.25) is 4.68 Å². The Hall–Kier alpha value is -3.93. The molecule has 0 spiro atoms. The van der Waals surface area contributed by atoms with Crippen molar-refractivity contribution in [1.82, 2.24) is 9.78 Å². The minimum atomic E-state index is -1.05. The molecule has 0 fully saturated rings. The van der Waals surface area contributed by atoms with E-state index in [-0.39, 0.29) is 11.2 Å². The smallest absolute Gasteiger partial charge is 0.341 e. The van der Waals surface area contributed by atoms with Crippen molar-refractivity contribution in [3.8, 4) is 28.3 Å². The Labute approximate surface area is 198 Å². The zero-order valence-corrected chi connectivity index (χ0v) is 19.5. The van der Waals surface area contributed by atoms with Gasteiger partial charge >= 0.3 is 5.97 Å². The highest BCUT2D eigenvalue weighted by atomic mass is 19.1. The van der Waals surface area contributed by atoms with Gasteiger partial charge in [0, 0.05) is 11.1 Å². The quantitative estimate of drug-likeness (QED) is 0.360. The number of rotatable bonds is 7. The van der Waals surface area contributed by atoms with Gasteiger partial charge in [-0.05, 0) is 46.9 Å². The molecule has 1 aromatic heterocycles. The molecule has 0 amide bonds. The van der Waals surface area contributed by atoms with Crippen LogP contribution in [-0.4, -0.2) is 27.5 Å². The summed E-state index contributed by atoms with van der Waals surface area (Å²) in [6.45, 7) is 6.29. The summed E-state index contributed by atoms with van der Waals surface area (Å²) in [5.41, 5.74) is 4.69. The molecule has 0 atom stereocenters. The number of aliphatic carboxylic acids is 1. The zero-order chi connectivity index (χ0) is 24.3. The molecule has 1 N–H and O–H groups in total. The molecule has 1 heterocycles. The van der Waals surface area contributed by atoms with E-state index in [1.807, 2.05) is 65.3 Å². The first-order valence-electron chi connectivity index (χ1n) is 11.1. The summed E-state index contributed by atoms with van der Waals surface area (Å²) in [6, 6.07) is 24.0. The second kappa shape index (κ2) is 9.51. The number of ether oxygens (including phenoxy) is 1. The van der Waals surface area contributed by atoms with Crippen LogP contribution in [0.4, 0.5) is 4.39 Å². The van der Waals surface area contributed by atoms with E-state index in [0.29, 0.717) is 29.1 Å². The third-order valence-corrected chi connectivity index (χ3v) is 5.55. The average Bonchev–Trinajstić information content (AvgIpc) is 3.21. The monoisotopic (exact) mass is 458 g/mol. The lowest BCUT2D eigenvalue weighted by molar-refractivity contribution is -0.139. The maximum Gasteiger partial charge on any atom is 0.341 e. The van der Waals surface area contributed by atoms with Gasteiger partial charge in [0.1, 0.15) is 11.6 Å². The average molecular weight is 459 g/mol. The van der Waals surface area contributed by atoms with E-state index in [1.54, 1.807) is 6.07 Å². The normalized spacial score (nSPS) is 11.4. The van der Waals surface area contributed by atoms with E-state index in [1.165, 1.54) is 12.1 Å². The Morgan fingerprint density at radius 3 is 2.44 bits per heavy atom. The van der Waals surface area contributed by atoms with Gasteiger partial charge in [-0.2, -0.15) is 5.10 Å². The van der Waals surface area contributed by atoms with Crippen molar-refractivity contribution in [2.75, 3.05) is 6.61 Å². The lowest BCUT2D eigenvalue weighted by Crippen LogP contribution is -2.13. The molecule has 4 aromatic rings. The van der Waals surface area contributed by atoms with Crippen LogP contribution in [0.1, 0.15) is 31.9 Å². The van der Waals surface area contributed by atoms with E-state index >= 15 is 0 Å². The fourth-order valence-electron chi connectivity index (χ4n) is 3.76. The number of carboxylic acid groups (broad SMARTS) is 1. The summed E-state index contributed by atoms with van der Waals surface area (Å²) >= 11 is 0. The molecule has 3 aromatic carbocycles.